The molecule has 0 aliphatic heterocycles. The number of aryl methyl sites for hydroxylation is 1. The second-order valence-electron chi connectivity index (χ2n) is 5.71. The minimum atomic E-state index is -0.0981. The molecule has 1 amide bonds. The number of hydrogen-bond donors (Lipinski definition) is 1. The molecule has 0 aliphatic carbocycles. The molecule has 2 aromatic heterocycles. The van der Waals surface area contributed by atoms with Crippen LogP contribution in [0.25, 0.3) is 10.2 Å². The van der Waals surface area contributed by atoms with Crippen LogP contribution in [0.3, 0.4) is 0 Å². The van der Waals surface area contributed by atoms with Crippen LogP contribution in [-0.2, 0) is 11.3 Å². The lowest BCUT2D eigenvalue weighted by Gasteiger charge is -2.17. The van der Waals surface area contributed by atoms with E-state index in [1.54, 1.807) is 6.07 Å². The molecule has 0 unspecified atom stereocenters. The van der Waals surface area contributed by atoms with Crippen molar-refractivity contribution in [3.05, 3.63) is 62.4 Å². The number of carbonyl (C=O) groups is 1. The summed E-state index contributed by atoms with van der Waals surface area (Å²) in [5, 5.41) is 5.49. The van der Waals surface area contributed by atoms with Crippen molar-refractivity contribution in [2.75, 3.05) is 0 Å². The number of amides is 1. The zero-order chi connectivity index (χ0) is 17.8. The lowest BCUT2D eigenvalue weighted by Crippen LogP contribution is -2.30. The van der Waals surface area contributed by atoms with Crippen molar-refractivity contribution in [3.8, 4) is 0 Å². The number of nitrogens with one attached hydrogen (secondary N) is 1. The molecule has 130 valence electrons. The molecule has 0 saturated carbocycles. The fraction of sp³-hybridized carbons (Fsp3) is 0.278. The largest absolute Gasteiger partial charge is 0.349 e. The minimum Gasteiger partial charge on any atom is -0.349 e. The van der Waals surface area contributed by atoms with E-state index >= 15 is 0 Å². The Labute approximate surface area is 157 Å². The van der Waals surface area contributed by atoms with Crippen molar-refractivity contribution in [2.24, 2.45) is 0 Å². The van der Waals surface area contributed by atoms with Crippen LogP contribution in [0.5, 0.6) is 0 Å². The van der Waals surface area contributed by atoms with Gasteiger partial charge in [0.05, 0.1) is 17.8 Å². The fourth-order valence-corrected chi connectivity index (χ4v) is 3.64. The number of halogens is 1. The van der Waals surface area contributed by atoms with E-state index in [-0.39, 0.29) is 23.9 Å². The number of benzene rings is 1. The molecular weight excluding hydrogens is 402 g/mol. The first-order valence-corrected chi connectivity index (χ1v) is 9.73. The summed E-state index contributed by atoms with van der Waals surface area (Å²) >= 11 is 4.85. The molecule has 7 heteroatoms. The third kappa shape index (κ3) is 4.16. The van der Waals surface area contributed by atoms with Gasteiger partial charge in [-0.15, -0.1) is 11.3 Å². The third-order valence-corrected chi connectivity index (χ3v) is 5.40. The van der Waals surface area contributed by atoms with Crippen LogP contribution in [0, 0.1) is 0 Å². The lowest BCUT2D eigenvalue weighted by molar-refractivity contribution is -0.122. The Bertz CT molecular complexity index is 933. The minimum absolute atomic E-state index is 0.0326. The highest BCUT2D eigenvalue weighted by atomic mass is 79.9. The number of fused-ring (bicyclic) bond motifs is 1. The van der Waals surface area contributed by atoms with E-state index in [0.717, 1.165) is 21.3 Å². The number of rotatable bonds is 6. The number of aromatic nitrogens is 2. The zero-order valence-electron chi connectivity index (χ0n) is 13.7. The highest BCUT2D eigenvalue weighted by Crippen LogP contribution is 2.19. The maximum atomic E-state index is 12.3. The Balaban J connectivity index is 1.64. The molecule has 1 aromatic carbocycles. The van der Waals surface area contributed by atoms with Gasteiger partial charge in [0.15, 0.2) is 0 Å². The summed E-state index contributed by atoms with van der Waals surface area (Å²) in [6, 6.07) is 9.66. The summed E-state index contributed by atoms with van der Waals surface area (Å²) < 4.78 is 2.50. The molecule has 2 heterocycles. The van der Waals surface area contributed by atoms with Gasteiger partial charge in [0, 0.05) is 17.4 Å². The van der Waals surface area contributed by atoms with E-state index < -0.39 is 0 Å². The molecule has 3 rings (SSSR count). The molecule has 3 aromatic rings. The van der Waals surface area contributed by atoms with Crippen LogP contribution in [0.1, 0.15) is 31.4 Å². The van der Waals surface area contributed by atoms with Crippen LogP contribution in [0.4, 0.5) is 0 Å². The van der Waals surface area contributed by atoms with Gasteiger partial charge < -0.3 is 5.32 Å². The Morgan fingerprint density at radius 1 is 1.32 bits per heavy atom. The first-order valence-electron chi connectivity index (χ1n) is 8.06. The van der Waals surface area contributed by atoms with Gasteiger partial charge in [0.25, 0.3) is 5.56 Å². The summed E-state index contributed by atoms with van der Waals surface area (Å²) in [5.41, 5.74) is 0.969. The van der Waals surface area contributed by atoms with Gasteiger partial charge in [-0.2, -0.15) is 0 Å². The SMILES string of the molecule is CC[C@H](NC(=O)CCn1cnc2sccc2c1=O)c1ccc(Br)cc1. The monoisotopic (exact) mass is 419 g/mol. The van der Waals surface area contributed by atoms with Gasteiger partial charge >= 0.3 is 0 Å². The van der Waals surface area contributed by atoms with Crippen molar-refractivity contribution in [1.82, 2.24) is 14.9 Å². The second-order valence-corrected chi connectivity index (χ2v) is 7.52. The average Bonchev–Trinajstić information content (AvgIpc) is 3.09. The first-order chi connectivity index (χ1) is 12.1. The quantitative estimate of drug-likeness (QED) is 0.659. The predicted octanol–water partition coefficient (Wildman–Crippen LogP) is 3.88. The average molecular weight is 420 g/mol. The van der Waals surface area contributed by atoms with Gasteiger partial charge in [0.2, 0.25) is 5.91 Å². The van der Waals surface area contributed by atoms with Crippen molar-refractivity contribution >= 4 is 43.4 Å². The molecule has 25 heavy (non-hydrogen) atoms. The summed E-state index contributed by atoms with van der Waals surface area (Å²) in [6.07, 6.45) is 2.56. The van der Waals surface area contributed by atoms with Crippen LogP contribution in [-0.4, -0.2) is 15.5 Å². The van der Waals surface area contributed by atoms with E-state index in [9.17, 15) is 9.59 Å². The summed E-state index contributed by atoms with van der Waals surface area (Å²) in [7, 11) is 0. The maximum absolute atomic E-state index is 12.3. The summed E-state index contributed by atoms with van der Waals surface area (Å²) in [5.74, 6) is -0.0768. The van der Waals surface area contributed by atoms with Crippen LogP contribution < -0.4 is 10.9 Å². The number of carbonyl (C=O) groups excluding carboxylic acids is 1. The van der Waals surface area contributed by atoms with E-state index in [2.05, 4.69) is 26.2 Å². The van der Waals surface area contributed by atoms with E-state index in [1.807, 2.05) is 36.6 Å². The molecule has 0 saturated heterocycles. The zero-order valence-corrected chi connectivity index (χ0v) is 16.1. The molecule has 0 radical (unpaired) electrons. The molecular formula is C18H18BrN3O2S. The number of thiophene rings is 1. The fourth-order valence-electron chi connectivity index (χ4n) is 2.66. The normalized spacial score (nSPS) is 12.2. The molecule has 0 spiro atoms. The van der Waals surface area contributed by atoms with Gasteiger partial charge in [-0.25, -0.2) is 4.98 Å². The van der Waals surface area contributed by atoms with Crippen LogP contribution in [0.2, 0.25) is 0 Å². The highest BCUT2D eigenvalue weighted by molar-refractivity contribution is 9.10. The highest BCUT2D eigenvalue weighted by Gasteiger charge is 2.13. The second kappa shape index (κ2) is 7.93. The molecule has 0 bridgehead atoms. The standard InChI is InChI=1S/C18H18BrN3O2S/c1-2-15(12-3-5-13(19)6-4-12)21-16(23)7-9-22-11-20-17-14(18(22)24)8-10-25-17/h3-6,8,10-11,15H,2,7,9H2,1H3,(H,21,23)/t15-/m0/s1. The Hall–Kier alpha value is -1.99. The summed E-state index contributed by atoms with van der Waals surface area (Å²) in [6.45, 7) is 2.35. The Kier molecular flexibility index (Phi) is 5.65. The van der Waals surface area contributed by atoms with Crippen LogP contribution in [0.15, 0.2) is 51.3 Å². The molecule has 0 aliphatic rings. The lowest BCUT2D eigenvalue weighted by atomic mass is 10.0. The molecule has 1 atom stereocenters. The van der Waals surface area contributed by atoms with Crippen molar-refractivity contribution < 1.29 is 4.79 Å². The van der Waals surface area contributed by atoms with Gasteiger partial charge in [-0.1, -0.05) is 35.0 Å². The smallest absolute Gasteiger partial charge is 0.262 e. The van der Waals surface area contributed by atoms with Crippen molar-refractivity contribution in [1.29, 1.82) is 0 Å². The first kappa shape index (κ1) is 17.8. The summed E-state index contributed by atoms with van der Waals surface area (Å²) in [4.78, 5) is 29.6. The number of hydrogen-bond acceptors (Lipinski definition) is 4. The van der Waals surface area contributed by atoms with E-state index in [1.165, 1.54) is 22.2 Å². The Morgan fingerprint density at radius 2 is 2.08 bits per heavy atom. The van der Waals surface area contributed by atoms with Gasteiger partial charge in [-0.3, -0.25) is 14.2 Å². The Morgan fingerprint density at radius 3 is 2.80 bits per heavy atom. The predicted molar refractivity (Wildman–Crippen MR) is 104 cm³/mol. The molecule has 0 fully saturated rings. The molecule has 1 N–H and O–H groups in total. The molecule has 5 nitrogen and oxygen atoms in total. The maximum Gasteiger partial charge on any atom is 0.262 e. The van der Waals surface area contributed by atoms with Crippen LogP contribution >= 0.6 is 27.3 Å². The van der Waals surface area contributed by atoms with Gasteiger partial charge in [-0.05, 0) is 35.6 Å². The topological polar surface area (TPSA) is 64.0 Å². The van der Waals surface area contributed by atoms with Gasteiger partial charge in [0.1, 0.15) is 4.83 Å². The third-order valence-electron chi connectivity index (χ3n) is 4.05. The van der Waals surface area contributed by atoms with Crippen molar-refractivity contribution in [3.63, 3.8) is 0 Å². The van der Waals surface area contributed by atoms with Crippen molar-refractivity contribution in [2.45, 2.75) is 32.4 Å². The van der Waals surface area contributed by atoms with E-state index in [0.29, 0.717) is 11.9 Å². The number of nitrogens with zero attached hydrogens (tertiary/aromatic N) is 2. The van der Waals surface area contributed by atoms with E-state index in [4.69, 9.17) is 0 Å².